The summed E-state index contributed by atoms with van der Waals surface area (Å²) in [4.78, 5) is 25.1. The largest absolute Gasteiger partial charge is 0.481 e. The maximum absolute atomic E-state index is 12.3. The molecule has 1 aliphatic heterocycles. The first-order chi connectivity index (χ1) is 9.61. The lowest BCUT2D eigenvalue weighted by Gasteiger charge is -2.38. The third-order valence-corrected chi connectivity index (χ3v) is 4.84. The number of amides is 2. The maximum atomic E-state index is 12.3. The second-order valence-electron chi connectivity index (χ2n) is 6.15. The van der Waals surface area contributed by atoms with Crippen LogP contribution in [0, 0.1) is 11.8 Å². The van der Waals surface area contributed by atoms with E-state index in [2.05, 4.69) is 5.32 Å². The number of carboxylic acid groups (broad SMARTS) is 1. The summed E-state index contributed by atoms with van der Waals surface area (Å²) >= 11 is 0. The molecule has 0 spiro atoms. The Balaban J connectivity index is 1.83. The predicted molar refractivity (Wildman–Crippen MR) is 76.5 cm³/mol. The number of likely N-dealkylation sites (tertiary alicyclic amines) is 1. The van der Waals surface area contributed by atoms with Crippen LogP contribution in [0.15, 0.2) is 0 Å². The number of nitrogens with zero attached hydrogens (tertiary/aromatic N) is 1. The van der Waals surface area contributed by atoms with E-state index in [1.807, 2.05) is 11.8 Å². The first-order valence-electron chi connectivity index (χ1n) is 7.88. The van der Waals surface area contributed by atoms with Crippen LogP contribution in [-0.4, -0.2) is 41.1 Å². The quantitative estimate of drug-likeness (QED) is 0.813. The molecular weight excluding hydrogens is 256 g/mol. The number of aliphatic carboxylic acids is 1. The second-order valence-corrected chi connectivity index (χ2v) is 6.15. The molecule has 0 aromatic heterocycles. The van der Waals surface area contributed by atoms with Gasteiger partial charge in [0.05, 0.1) is 0 Å². The molecule has 5 nitrogen and oxygen atoms in total. The van der Waals surface area contributed by atoms with Crippen molar-refractivity contribution in [2.24, 2.45) is 11.8 Å². The standard InChI is InChI=1S/C15H26N2O3/c1-2-11(9-14(18)19)10-16-15(20)17-8-4-6-12-5-3-7-13(12)17/h11-13H,2-10H2,1H3,(H,16,20)(H,18,19). The number of urea groups is 1. The SMILES string of the molecule is CCC(CNC(=O)N1CCCC2CCCC21)CC(=O)O. The third-order valence-electron chi connectivity index (χ3n) is 4.84. The van der Waals surface area contributed by atoms with Gasteiger partial charge in [-0.2, -0.15) is 0 Å². The normalized spacial score (nSPS) is 26.9. The van der Waals surface area contributed by atoms with Crippen molar-refractivity contribution in [2.45, 2.75) is 57.9 Å². The minimum Gasteiger partial charge on any atom is -0.481 e. The van der Waals surface area contributed by atoms with Crippen LogP contribution in [0.3, 0.4) is 0 Å². The molecule has 2 aliphatic rings. The monoisotopic (exact) mass is 282 g/mol. The number of hydrogen-bond acceptors (Lipinski definition) is 2. The molecule has 0 aromatic rings. The summed E-state index contributed by atoms with van der Waals surface area (Å²) in [5, 5.41) is 11.8. The molecule has 0 aromatic carbocycles. The molecule has 1 heterocycles. The Morgan fingerprint density at radius 3 is 2.75 bits per heavy atom. The van der Waals surface area contributed by atoms with E-state index in [1.165, 1.54) is 19.3 Å². The Morgan fingerprint density at radius 2 is 2.05 bits per heavy atom. The molecule has 114 valence electrons. The summed E-state index contributed by atoms with van der Waals surface area (Å²) in [7, 11) is 0. The van der Waals surface area contributed by atoms with Gasteiger partial charge in [0.2, 0.25) is 0 Å². The highest BCUT2D eigenvalue weighted by Gasteiger charge is 2.37. The summed E-state index contributed by atoms with van der Waals surface area (Å²) in [6.07, 6.45) is 6.87. The molecule has 3 atom stereocenters. The summed E-state index contributed by atoms with van der Waals surface area (Å²) < 4.78 is 0. The maximum Gasteiger partial charge on any atom is 0.317 e. The van der Waals surface area contributed by atoms with Crippen LogP contribution in [-0.2, 0) is 4.79 Å². The molecule has 0 bridgehead atoms. The number of fused-ring (bicyclic) bond motifs is 1. The summed E-state index contributed by atoms with van der Waals surface area (Å²) in [6, 6.07) is 0.425. The van der Waals surface area contributed by atoms with Crippen molar-refractivity contribution < 1.29 is 14.7 Å². The molecule has 0 radical (unpaired) electrons. The van der Waals surface area contributed by atoms with Gasteiger partial charge in [-0.15, -0.1) is 0 Å². The summed E-state index contributed by atoms with van der Waals surface area (Å²) in [6.45, 7) is 3.28. The number of nitrogens with one attached hydrogen (secondary N) is 1. The first kappa shape index (κ1) is 15.1. The van der Waals surface area contributed by atoms with Crippen molar-refractivity contribution in [3.05, 3.63) is 0 Å². The fraction of sp³-hybridized carbons (Fsp3) is 0.867. The van der Waals surface area contributed by atoms with E-state index in [4.69, 9.17) is 5.11 Å². The lowest BCUT2D eigenvalue weighted by molar-refractivity contribution is -0.138. The van der Waals surface area contributed by atoms with Gasteiger partial charge in [0, 0.05) is 25.6 Å². The number of carbonyl (C=O) groups excluding carboxylic acids is 1. The van der Waals surface area contributed by atoms with Gasteiger partial charge in [-0.25, -0.2) is 4.79 Å². The average molecular weight is 282 g/mol. The number of hydrogen-bond donors (Lipinski definition) is 2. The molecular formula is C15H26N2O3. The zero-order valence-corrected chi connectivity index (χ0v) is 12.3. The molecule has 1 aliphatic carbocycles. The Labute approximate surface area is 120 Å². The Kier molecular flexibility index (Phi) is 5.26. The first-order valence-corrected chi connectivity index (χ1v) is 7.88. The van der Waals surface area contributed by atoms with Crippen molar-refractivity contribution in [3.8, 4) is 0 Å². The van der Waals surface area contributed by atoms with Gasteiger partial charge < -0.3 is 15.3 Å². The topological polar surface area (TPSA) is 69.6 Å². The molecule has 2 rings (SSSR count). The molecule has 1 saturated carbocycles. The van der Waals surface area contributed by atoms with Gasteiger partial charge >= 0.3 is 12.0 Å². The highest BCUT2D eigenvalue weighted by atomic mass is 16.4. The lowest BCUT2D eigenvalue weighted by Crippen LogP contribution is -2.51. The number of carboxylic acids is 1. The van der Waals surface area contributed by atoms with E-state index in [1.54, 1.807) is 0 Å². The van der Waals surface area contributed by atoms with Crippen molar-refractivity contribution in [1.82, 2.24) is 10.2 Å². The van der Waals surface area contributed by atoms with Crippen LogP contribution in [0.2, 0.25) is 0 Å². The van der Waals surface area contributed by atoms with Gasteiger partial charge in [-0.1, -0.05) is 19.8 Å². The van der Waals surface area contributed by atoms with Crippen LogP contribution >= 0.6 is 0 Å². The van der Waals surface area contributed by atoms with Crippen LogP contribution < -0.4 is 5.32 Å². The number of piperidine rings is 1. The molecule has 2 N–H and O–H groups in total. The van der Waals surface area contributed by atoms with Crippen molar-refractivity contribution in [3.63, 3.8) is 0 Å². The number of carbonyl (C=O) groups is 2. The molecule has 20 heavy (non-hydrogen) atoms. The van der Waals surface area contributed by atoms with Gasteiger partial charge in [-0.3, -0.25) is 4.79 Å². The minimum atomic E-state index is -0.792. The van der Waals surface area contributed by atoms with Crippen molar-refractivity contribution in [1.29, 1.82) is 0 Å². The number of rotatable bonds is 5. The van der Waals surface area contributed by atoms with E-state index in [-0.39, 0.29) is 18.4 Å². The fourth-order valence-corrected chi connectivity index (χ4v) is 3.65. The fourth-order valence-electron chi connectivity index (χ4n) is 3.65. The van der Waals surface area contributed by atoms with Gasteiger partial charge in [-0.05, 0) is 37.5 Å². The van der Waals surface area contributed by atoms with Crippen molar-refractivity contribution >= 4 is 12.0 Å². The smallest absolute Gasteiger partial charge is 0.317 e. The zero-order chi connectivity index (χ0) is 14.5. The van der Waals surface area contributed by atoms with E-state index in [0.29, 0.717) is 18.5 Å². The van der Waals surface area contributed by atoms with Gasteiger partial charge in [0.15, 0.2) is 0 Å². The third kappa shape index (κ3) is 3.64. The van der Waals surface area contributed by atoms with E-state index in [0.717, 1.165) is 25.8 Å². The highest BCUT2D eigenvalue weighted by Crippen LogP contribution is 2.36. The van der Waals surface area contributed by atoms with E-state index in [9.17, 15) is 9.59 Å². The van der Waals surface area contributed by atoms with Crippen LogP contribution in [0.25, 0.3) is 0 Å². The Hall–Kier alpha value is -1.26. The zero-order valence-electron chi connectivity index (χ0n) is 12.3. The Bertz CT molecular complexity index is 359. The van der Waals surface area contributed by atoms with Crippen LogP contribution in [0.1, 0.15) is 51.9 Å². The Morgan fingerprint density at radius 1 is 1.30 bits per heavy atom. The molecule has 1 saturated heterocycles. The summed E-state index contributed by atoms with van der Waals surface area (Å²) in [5.41, 5.74) is 0. The molecule has 3 unspecified atom stereocenters. The second kappa shape index (κ2) is 6.95. The molecule has 2 fully saturated rings. The average Bonchev–Trinajstić information content (AvgIpc) is 2.90. The highest BCUT2D eigenvalue weighted by molar-refractivity contribution is 5.75. The van der Waals surface area contributed by atoms with Gasteiger partial charge in [0.1, 0.15) is 0 Å². The van der Waals surface area contributed by atoms with Crippen LogP contribution in [0.5, 0.6) is 0 Å². The van der Waals surface area contributed by atoms with E-state index >= 15 is 0 Å². The van der Waals surface area contributed by atoms with Crippen LogP contribution in [0.4, 0.5) is 4.79 Å². The minimum absolute atomic E-state index is 0.00504. The van der Waals surface area contributed by atoms with E-state index < -0.39 is 5.97 Å². The van der Waals surface area contributed by atoms with Crippen molar-refractivity contribution in [2.75, 3.05) is 13.1 Å². The lowest BCUT2D eigenvalue weighted by atomic mass is 9.92. The predicted octanol–water partition coefficient (Wildman–Crippen LogP) is 2.46. The molecule has 2 amide bonds. The van der Waals surface area contributed by atoms with Gasteiger partial charge in [0.25, 0.3) is 0 Å². The molecule has 5 heteroatoms. The summed E-state index contributed by atoms with van der Waals surface area (Å²) in [5.74, 6) is -0.0731.